The molecule has 0 aliphatic carbocycles. The van der Waals surface area contributed by atoms with Crippen LogP contribution in [0.25, 0.3) is 5.69 Å². The summed E-state index contributed by atoms with van der Waals surface area (Å²) in [6.45, 7) is 1.87. The Bertz CT molecular complexity index is 836. The fourth-order valence-corrected chi connectivity index (χ4v) is 2.57. The van der Waals surface area contributed by atoms with Gasteiger partial charge in [0.05, 0.1) is 35.0 Å². The van der Waals surface area contributed by atoms with E-state index in [1.165, 1.54) is 0 Å². The van der Waals surface area contributed by atoms with Gasteiger partial charge in [-0.2, -0.15) is 10.2 Å². The van der Waals surface area contributed by atoms with Crippen molar-refractivity contribution >= 4 is 27.5 Å². The van der Waals surface area contributed by atoms with Crippen molar-refractivity contribution in [3.05, 3.63) is 58.6 Å². The lowest BCUT2D eigenvalue weighted by Crippen LogP contribution is -2.12. The highest BCUT2D eigenvalue weighted by Crippen LogP contribution is 2.19. The monoisotopic (exact) mass is 359 g/mol. The standard InChI is InChI=1S/C15H14BrN5O/c1-10-14(15(22)19-12-7-17-20(2)9-12)8-18-21(10)13-5-3-4-11(16)6-13/h3-9H,1-2H3,(H,19,22). The summed E-state index contributed by atoms with van der Waals surface area (Å²) in [6, 6.07) is 7.75. The van der Waals surface area contributed by atoms with Gasteiger partial charge in [-0.15, -0.1) is 0 Å². The lowest BCUT2D eigenvalue weighted by Gasteiger charge is -2.06. The zero-order valence-electron chi connectivity index (χ0n) is 12.1. The van der Waals surface area contributed by atoms with Crippen molar-refractivity contribution in [1.82, 2.24) is 19.6 Å². The number of rotatable bonds is 3. The number of nitrogens with one attached hydrogen (secondary N) is 1. The van der Waals surface area contributed by atoms with Crippen LogP contribution in [-0.4, -0.2) is 25.5 Å². The Morgan fingerprint density at radius 3 is 2.77 bits per heavy atom. The molecule has 2 heterocycles. The maximum Gasteiger partial charge on any atom is 0.259 e. The van der Waals surface area contributed by atoms with Crippen LogP contribution in [0.4, 0.5) is 5.69 Å². The van der Waals surface area contributed by atoms with Gasteiger partial charge in [0, 0.05) is 17.7 Å². The molecule has 0 saturated heterocycles. The minimum absolute atomic E-state index is 0.202. The fourth-order valence-electron chi connectivity index (χ4n) is 2.18. The van der Waals surface area contributed by atoms with Crippen LogP contribution in [0.1, 0.15) is 16.1 Å². The maximum absolute atomic E-state index is 12.3. The quantitative estimate of drug-likeness (QED) is 0.781. The third-order valence-electron chi connectivity index (χ3n) is 3.27. The Balaban J connectivity index is 1.88. The van der Waals surface area contributed by atoms with Gasteiger partial charge in [-0.05, 0) is 25.1 Å². The Kier molecular flexibility index (Phi) is 3.81. The number of hydrogen-bond acceptors (Lipinski definition) is 3. The van der Waals surface area contributed by atoms with Gasteiger partial charge in [0.15, 0.2) is 0 Å². The summed E-state index contributed by atoms with van der Waals surface area (Å²) in [5, 5.41) is 11.1. The molecule has 6 nitrogen and oxygen atoms in total. The Labute approximate surface area is 135 Å². The lowest BCUT2D eigenvalue weighted by molar-refractivity contribution is 0.102. The molecule has 0 saturated carbocycles. The molecule has 0 fully saturated rings. The molecule has 0 spiro atoms. The van der Waals surface area contributed by atoms with Gasteiger partial charge < -0.3 is 5.32 Å². The van der Waals surface area contributed by atoms with E-state index in [2.05, 4.69) is 31.4 Å². The number of carbonyl (C=O) groups is 1. The second-order valence-corrected chi connectivity index (χ2v) is 5.81. The second kappa shape index (κ2) is 5.76. The highest BCUT2D eigenvalue weighted by Gasteiger charge is 2.15. The predicted octanol–water partition coefficient (Wildman–Crippen LogP) is 2.93. The van der Waals surface area contributed by atoms with Crippen LogP contribution in [0.2, 0.25) is 0 Å². The normalized spacial score (nSPS) is 10.7. The summed E-state index contributed by atoms with van der Waals surface area (Å²) < 4.78 is 4.33. The van der Waals surface area contributed by atoms with Gasteiger partial charge in [-0.1, -0.05) is 22.0 Å². The van der Waals surface area contributed by atoms with E-state index in [0.717, 1.165) is 15.9 Å². The molecular weight excluding hydrogens is 346 g/mol. The molecule has 0 radical (unpaired) electrons. The van der Waals surface area contributed by atoms with Crippen LogP contribution in [0.15, 0.2) is 47.3 Å². The van der Waals surface area contributed by atoms with Gasteiger partial charge in [-0.25, -0.2) is 4.68 Å². The number of carbonyl (C=O) groups excluding carboxylic acids is 1. The molecule has 0 bridgehead atoms. The van der Waals surface area contributed by atoms with Gasteiger partial charge in [-0.3, -0.25) is 9.48 Å². The van der Waals surface area contributed by atoms with E-state index in [1.54, 1.807) is 35.0 Å². The Morgan fingerprint density at radius 1 is 1.27 bits per heavy atom. The van der Waals surface area contributed by atoms with E-state index in [9.17, 15) is 4.79 Å². The first kappa shape index (κ1) is 14.5. The Morgan fingerprint density at radius 2 is 2.09 bits per heavy atom. The van der Waals surface area contributed by atoms with Crippen molar-refractivity contribution in [3.8, 4) is 5.69 Å². The van der Waals surface area contributed by atoms with Gasteiger partial charge in [0.2, 0.25) is 0 Å². The number of benzene rings is 1. The van der Waals surface area contributed by atoms with Crippen molar-refractivity contribution < 1.29 is 4.79 Å². The summed E-state index contributed by atoms with van der Waals surface area (Å²) >= 11 is 3.44. The lowest BCUT2D eigenvalue weighted by atomic mass is 10.2. The number of amides is 1. The van der Waals surface area contributed by atoms with E-state index >= 15 is 0 Å². The van der Waals surface area contributed by atoms with E-state index < -0.39 is 0 Å². The van der Waals surface area contributed by atoms with Crippen LogP contribution >= 0.6 is 15.9 Å². The van der Waals surface area contributed by atoms with Crippen molar-refractivity contribution in [2.24, 2.45) is 7.05 Å². The van der Waals surface area contributed by atoms with Gasteiger partial charge >= 0.3 is 0 Å². The number of aromatic nitrogens is 4. The van der Waals surface area contributed by atoms with Crippen LogP contribution in [-0.2, 0) is 7.05 Å². The van der Waals surface area contributed by atoms with Crippen LogP contribution in [0.3, 0.4) is 0 Å². The van der Waals surface area contributed by atoms with Gasteiger partial charge in [0.25, 0.3) is 5.91 Å². The summed E-state index contributed by atoms with van der Waals surface area (Å²) in [7, 11) is 1.80. The molecule has 0 unspecified atom stereocenters. The van der Waals surface area contributed by atoms with E-state index in [-0.39, 0.29) is 5.91 Å². The third-order valence-corrected chi connectivity index (χ3v) is 3.76. The van der Waals surface area contributed by atoms with Crippen LogP contribution in [0, 0.1) is 6.92 Å². The first-order chi connectivity index (χ1) is 10.5. The summed E-state index contributed by atoms with van der Waals surface area (Å²) in [5.74, 6) is -0.202. The molecule has 22 heavy (non-hydrogen) atoms. The van der Waals surface area contributed by atoms with Crippen molar-refractivity contribution in [1.29, 1.82) is 0 Å². The zero-order valence-corrected chi connectivity index (χ0v) is 13.7. The third kappa shape index (κ3) is 2.80. The second-order valence-electron chi connectivity index (χ2n) is 4.89. The molecule has 112 valence electrons. The molecule has 1 amide bonds. The SMILES string of the molecule is Cc1c(C(=O)Nc2cnn(C)c2)cnn1-c1cccc(Br)c1. The minimum atomic E-state index is -0.202. The maximum atomic E-state index is 12.3. The number of aryl methyl sites for hydroxylation is 1. The molecule has 7 heteroatoms. The molecule has 2 aromatic heterocycles. The smallest absolute Gasteiger partial charge is 0.259 e. The van der Waals surface area contributed by atoms with Crippen molar-refractivity contribution in [2.45, 2.75) is 6.92 Å². The first-order valence-electron chi connectivity index (χ1n) is 6.65. The summed E-state index contributed by atoms with van der Waals surface area (Å²) in [5.41, 5.74) is 2.86. The topological polar surface area (TPSA) is 64.7 Å². The van der Waals surface area contributed by atoms with E-state index in [1.807, 2.05) is 31.2 Å². The number of anilines is 1. The number of halogens is 1. The molecule has 3 rings (SSSR count). The summed E-state index contributed by atoms with van der Waals surface area (Å²) in [6.07, 6.45) is 4.92. The molecule has 0 aliphatic heterocycles. The molecule has 0 aliphatic rings. The highest BCUT2D eigenvalue weighted by molar-refractivity contribution is 9.10. The largest absolute Gasteiger partial charge is 0.319 e. The molecule has 3 aromatic rings. The average molecular weight is 360 g/mol. The Hall–Kier alpha value is -2.41. The van der Waals surface area contributed by atoms with Crippen molar-refractivity contribution in [3.63, 3.8) is 0 Å². The zero-order chi connectivity index (χ0) is 15.7. The molecule has 0 atom stereocenters. The van der Waals surface area contributed by atoms with Crippen LogP contribution < -0.4 is 5.32 Å². The highest BCUT2D eigenvalue weighted by atomic mass is 79.9. The molecule has 1 N–H and O–H groups in total. The van der Waals surface area contributed by atoms with E-state index in [4.69, 9.17) is 0 Å². The summed E-state index contributed by atoms with van der Waals surface area (Å²) in [4.78, 5) is 12.3. The minimum Gasteiger partial charge on any atom is -0.319 e. The first-order valence-corrected chi connectivity index (χ1v) is 7.44. The fraction of sp³-hybridized carbons (Fsp3) is 0.133. The molecule has 1 aromatic carbocycles. The van der Waals surface area contributed by atoms with Crippen LogP contribution in [0.5, 0.6) is 0 Å². The number of nitrogens with zero attached hydrogens (tertiary/aromatic N) is 4. The molecular formula is C15H14BrN5O. The average Bonchev–Trinajstić information content (AvgIpc) is 3.05. The van der Waals surface area contributed by atoms with Crippen molar-refractivity contribution in [2.75, 3.05) is 5.32 Å². The van der Waals surface area contributed by atoms with E-state index in [0.29, 0.717) is 11.3 Å². The van der Waals surface area contributed by atoms with Gasteiger partial charge in [0.1, 0.15) is 0 Å². The number of hydrogen-bond donors (Lipinski definition) is 1. The predicted molar refractivity (Wildman–Crippen MR) is 87.2 cm³/mol.